The number of likely N-dealkylation sites (tertiary alicyclic amines) is 1. The van der Waals surface area contributed by atoms with Crippen LogP contribution in [0, 0.1) is 0 Å². The molecule has 2 aromatic carbocycles. The van der Waals surface area contributed by atoms with Crippen LogP contribution in [-0.4, -0.2) is 54.7 Å². The van der Waals surface area contributed by atoms with E-state index in [1.54, 1.807) is 39.4 Å². The van der Waals surface area contributed by atoms with Crippen LogP contribution in [0.1, 0.15) is 22.3 Å². The average molecular weight is 429 g/mol. The molecule has 2 aromatic heterocycles. The van der Waals surface area contributed by atoms with E-state index in [2.05, 4.69) is 10.3 Å². The van der Waals surface area contributed by atoms with E-state index in [1.807, 2.05) is 0 Å². The molecule has 7 nitrogen and oxygen atoms in total. The molecule has 1 atom stereocenters. The van der Waals surface area contributed by atoms with Crippen molar-refractivity contribution in [3.8, 4) is 5.69 Å². The minimum Gasteiger partial charge on any atom is -0.391 e. The summed E-state index contributed by atoms with van der Waals surface area (Å²) in [6.07, 6.45) is -4.38. The van der Waals surface area contributed by atoms with E-state index < -0.39 is 17.8 Å². The second kappa shape index (κ2) is 6.81. The highest BCUT2D eigenvalue weighted by atomic mass is 19.4. The number of nitrogens with zero attached hydrogens (tertiary/aromatic N) is 5. The number of halogens is 3. The Kier molecular flexibility index (Phi) is 4.30. The third kappa shape index (κ3) is 3.14. The van der Waals surface area contributed by atoms with Gasteiger partial charge < -0.3 is 10.0 Å². The monoisotopic (exact) mass is 429 g/mol. The first kappa shape index (κ1) is 19.6. The number of aryl methyl sites for hydroxylation is 1. The van der Waals surface area contributed by atoms with Gasteiger partial charge in [0.1, 0.15) is 5.52 Å². The van der Waals surface area contributed by atoms with E-state index in [4.69, 9.17) is 0 Å². The summed E-state index contributed by atoms with van der Waals surface area (Å²) in [5, 5.41) is 18.7. The summed E-state index contributed by atoms with van der Waals surface area (Å²) < 4.78 is 42.2. The van der Waals surface area contributed by atoms with E-state index in [-0.39, 0.29) is 5.91 Å². The van der Waals surface area contributed by atoms with Crippen molar-refractivity contribution in [2.75, 3.05) is 13.1 Å². The Morgan fingerprint density at radius 3 is 2.55 bits per heavy atom. The lowest BCUT2D eigenvalue weighted by Crippen LogP contribution is -2.29. The Bertz CT molecular complexity index is 1310. The smallest absolute Gasteiger partial charge is 0.391 e. The minimum absolute atomic E-state index is 0.183. The zero-order chi connectivity index (χ0) is 21.9. The van der Waals surface area contributed by atoms with Gasteiger partial charge in [-0.1, -0.05) is 5.21 Å². The van der Waals surface area contributed by atoms with Gasteiger partial charge in [-0.05, 0) is 48.9 Å². The van der Waals surface area contributed by atoms with Gasteiger partial charge in [-0.3, -0.25) is 9.36 Å². The minimum atomic E-state index is -4.42. The van der Waals surface area contributed by atoms with Crippen LogP contribution >= 0.6 is 0 Å². The fourth-order valence-corrected chi connectivity index (χ4v) is 4.11. The van der Waals surface area contributed by atoms with Crippen LogP contribution in [0.4, 0.5) is 13.2 Å². The summed E-state index contributed by atoms with van der Waals surface area (Å²) in [6.45, 7) is 0.787. The lowest BCUT2D eigenvalue weighted by atomic mass is 10.1. The standard InChI is InChI=1S/C21H18F3N5O2/c1-27-19-18(25-26-27)16-10-12(20(31)28-9-8-15(30)11-28)2-7-17(16)29(19)14-5-3-13(4-6-14)21(22,23)24/h2-7,10,15,30H,8-9,11H2,1H3. The number of β-amino-alcohol motifs (C(OH)–C–C–N with tert-alkyl or cyclic N) is 1. The number of benzene rings is 2. The Morgan fingerprint density at radius 1 is 1.16 bits per heavy atom. The predicted molar refractivity (Wildman–Crippen MR) is 107 cm³/mol. The molecule has 1 N–H and O–H groups in total. The van der Waals surface area contributed by atoms with Gasteiger partial charge >= 0.3 is 6.18 Å². The summed E-state index contributed by atoms with van der Waals surface area (Å²) >= 11 is 0. The molecule has 1 unspecified atom stereocenters. The Balaban J connectivity index is 1.65. The van der Waals surface area contributed by atoms with Crippen molar-refractivity contribution in [2.24, 2.45) is 7.05 Å². The molecule has 3 heterocycles. The molecule has 160 valence electrons. The number of aliphatic hydroxyl groups is 1. The molecule has 0 saturated carbocycles. The lowest BCUT2D eigenvalue weighted by Gasteiger charge is -2.15. The summed E-state index contributed by atoms with van der Waals surface area (Å²) in [5.74, 6) is -0.183. The maximum absolute atomic E-state index is 13.0. The van der Waals surface area contributed by atoms with Crippen LogP contribution in [0.15, 0.2) is 42.5 Å². The van der Waals surface area contributed by atoms with E-state index in [9.17, 15) is 23.1 Å². The number of carbonyl (C=O) groups excluding carboxylic acids is 1. The maximum atomic E-state index is 13.0. The maximum Gasteiger partial charge on any atom is 0.416 e. The molecule has 4 aromatic rings. The molecule has 1 fully saturated rings. The second-order valence-corrected chi connectivity index (χ2v) is 7.69. The van der Waals surface area contributed by atoms with Crippen molar-refractivity contribution in [1.82, 2.24) is 24.5 Å². The van der Waals surface area contributed by atoms with Gasteiger partial charge in [-0.25, -0.2) is 4.68 Å². The SMILES string of the molecule is Cn1nnc2c3cc(C(=O)N4CCC(O)C4)ccc3n(-c3ccc(C(F)(F)F)cc3)c21. The Labute approximate surface area is 174 Å². The van der Waals surface area contributed by atoms with Gasteiger partial charge in [0.25, 0.3) is 5.91 Å². The van der Waals surface area contributed by atoms with Gasteiger partial charge in [-0.2, -0.15) is 13.2 Å². The Hall–Kier alpha value is -3.40. The first-order valence-electron chi connectivity index (χ1n) is 9.73. The van der Waals surface area contributed by atoms with Gasteiger partial charge in [0.05, 0.1) is 17.2 Å². The first-order valence-corrected chi connectivity index (χ1v) is 9.73. The highest BCUT2D eigenvalue weighted by Crippen LogP contribution is 2.34. The van der Waals surface area contributed by atoms with Crippen molar-refractivity contribution < 1.29 is 23.1 Å². The molecule has 0 radical (unpaired) electrons. The van der Waals surface area contributed by atoms with Gasteiger partial charge in [0.2, 0.25) is 0 Å². The predicted octanol–water partition coefficient (Wildman–Crippen LogP) is 3.14. The molecule has 1 saturated heterocycles. The molecule has 5 rings (SSSR count). The largest absolute Gasteiger partial charge is 0.416 e. The van der Waals surface area contributed by atoms with Crippen molar-refractivity contribution in [2.45, 2.75) is 18.7 Å². The number of rotatable bonds is 2. The topological polar surface area (TPSA) is 76.2 Å². The molecule has 1 amide bonds. The zero-order valence-corrected chi connectivity index (χ0v) is 16.5. The molecule has 0 spiro atoms. The fourth-order valence-electron chi connectivity index (χ4n) is 4.11. The number of hydrogen-bond donors (Lipinski definition) is 1. The van der Waals surface area contributed by atoms with Crippen molar-refractivity contribution in [3.63, 3.8) is 0 Å². The van der Waals surface area contributed by atoms with E-state index >= 15 is 0 Å². The van der Waals surface area contributed by atoms with E-state index in [0.29, 0.717) is 52.8 Å². The van der Waals surface area contributed by atoms with Crippen LogP contribution in [0.5, 0.6) is 0 Å². The zero-order valence-electron chi connectivity index (χ0n) is 16.5. The Morgan fingerprint density at radius 2 is 1.90 bits per heavy atom. The lowest BCUT2D eigenvalue weighted by molar-refractivity contribution is -0.137. The van der Waals surface area contributed by atoms with Gasteiger partial charge in [0, 0.05) is 36.8 Å². The summed E-state index contributed by atoms with van der Waals surface area (Å²) in [6, 6.07) is 10.0. The molecular weight excluding hydrogens is 411 g/mol. The number of aliphatic hydroxyl groups excluding tert-OH is 1. The number of carbonyl (C=O) groups is 1. The van der Waals surface area contributed by atoms with Crippen LogP contribution in [0.2, 0.25) is 0 Å². The number of aromatic nitrogens is 4. The van der Waals surface area contributed by atoms with Crippen LogP contribution in [0.3, 0.4) is 0 Å². The number of amides is 1. The van der Waals surface area contributed by atoms with Crippen LogP contribution in [0.25, 0.3) is 27.8 Å². The molecule has 1 aliphatic rings. The quantitative estimate of drug-likeness (QED) is 0.531. The second-order valence-electron chi connectivity index (χ2n) is 7.69. The van der Waals surface area contributed by atoms with Crippen LogP contribution in [-0.2, 0) is 13.2 Å². The molecule has 31 heavy (non-hydrogen) atoms. The van der Waals surface area contributed by atoms with Crippen LogP contribution < -0.4 is 0 Å². The average Bonchev–Trinajstić information content (AvgIpc) is 3.42. The first-order chi connectivity index (χ1) is 14.7. The third-order valence-electron chi connectivity index (χ3n) is 5.65. The summed E-state index contributed by atoms with van der Waals surface area (Å²) in [5.41, 5.74) is 2.12. The van der Waals surface area contributed by atoms with E-state index in [0.717, 1.165) is 12.1 Å². The molecule has 0 aliphatic carbocycles. The fraction of sp³-hybridized carbons (Fsp3) is 0.286. The van der Waals surface area contributed by atoms with Crippen molar-refractivity contribution in [1.29, 1.82) is 0 Å². The number of alkyl halides is 3. The summed E-state index contributed by atoms with van der Waals surface area (Å²) in [7, 11) is 1.70. The molecule has 0 bridgehead atoms. The van der Waals surface area contributed by atoms with Crippen molar-refractivity contribution in [3.05, 3.63) is 53.6 Å². The molecular formula is C21H18F3N5O2. The normalized spacial score (nSPS) is 17.2. The molecule has 1 aliphatic heterocycles. The van der Waals surface area contributed by atoms with Crippen molar-refractivity contribution >= 4 is 28.0 Å². The highest BCUT2D eigenvalue weighted by molar-refractivity contribution is 6.09. The third-order valence-corrected chi connectivity index (χ3v) is 5.65. The summed E-state index contributed by atoms with van der Waals surface area (Å²) in [4.78, 5) is 14.4. The van der Waals surface area contributed by atoms with Gasteiger partial charge in [0.15, 0.2) is 5.65 Å². The van der Waals surface area contributed by atoms with Gasteiger partial charge in [-0.15, -0.1) is 5.10 Å². The highest BCUT2D eigenvalue weighted by Gasteiger charge is 2.30. The number of fused-ring (bicyclic) bond motifs is 3. The van der Waals surface area contributed by atoms with E-state index in [1.165, 1.54) is 12.1 Å². The number of hydrogen-bond acceptors (Lipinski definition) is 4. The molecule has 10 heteroatoms.